The Morgan fingerprint density at radius 2 is 1.81 bits per heavy atom. The maximum absolute atomic E-state index is 12.4. The molecule has 0 aromatic rings. The Morgan fingerprint density at radius 3 is 2.44 bits per heavy atom. The molecule has 9 nitrogen and oxygen atoms in total. The molecule has 1 N–H and O–H groups in total. The fourth-order valence-electron chi connectivity index (χ4n) is 3.80. The van der Waals surface area contributed by atoms with Crippen molar-refractivity contribution in [3.05, 3.63) is 0 Å². The van der Waals surface area contributed by atoms with Crippen LogP contribution >= 0.6 is 0 Å². The number of ether oxygens (including phenoxy) is 2. The van der Waals surface area contributed by atoms with E-state index in [-0.39, 0.29) is 24.7 Å². The summed E-state index contributed by atoms with van der Waals surface area (Å²) in [5, 5.41) is 10.4. The summed E-state index contributed by atoms with van der Waals surface area (Å²) in [6.45, 7) is 7.32. The fourth-order valence-corrected chi connectivity index (χ4v) is 3.80. The standard InChI is InChI=1S/C18H29N3O6/c1-18(2,3)27-17(24)19-8-6-12(7-9-19)11-26-15(22)14-5-4-13-10-20(14)16(23)21(13)25/h12-14,25H,4-11H2,1-3H3/t13-,14+/m1/s1. The van der Waals surface area contributed by atoms with E-state index in [2.05, 4.69) is 0 Å². The van der Waals surface area contributed by atoms with Crippen LogP contribution in [0.2, 0.25) is 0 Å². The number of likely N-dealkylation sites (tertiary alicyclic amines) is 1. The van der Waals surface area contributed by atoms with Crippen LogP contribution in [0.25, 0.3) is 0 Å². The highest BCUT2D eigenvalue weighted by atomic mass is 16.6. The maximum Gasteiger partial charge on any atom is 0.410 e. The lowest BCUT2D eigenvalue weighted by Crippen LogP contribution is -2.46. The van der Waals surface area contributed by atoms with Crippen LogP contribution < -0.4 is 0 Å². The first kappa shape index (κ1) is 19.7. The number of hydroxylamine groups is 2. The number of rotatable bonds is 3. The smallest absolute Gasteiger partial charge is 0.410 e. The number of carbonyl (C=O) groups excluding carboxylic acids is 3. The zero-order valence-corrected chi connectivity index (χ0v) is 16.2. The highest BCUT2D eigenvalue weighted by molar-refractivity contribution is 5.85. The van der Waals surface area contributed by atoms with Gasteiger partial charge in [-0.25, -0.2) is 19.4 Å². The van der Waals surface area contributed by atoms with E-state index >= 15 is 0 Å². The van der Waals surface area contributed by atoms with E-state index in [1.54, 1.807) is 4.90 Å². The molecule has 3 aliphatic rings. The van der Waals surface area contributed by atoms with Crippen LogP contribution in [-0.4, -0.2) is 82.1 Å². The van der Waals surface area contributed by atoms with Crippen molar-refractivity contribution in [2.24, 2.45) is 5.92 Å². The Hall–Kier alpha value is -2.03. The van der Waals surface area contributed by atoms with Crippen molar-refractivity contribution in [3.8, 4) is 0 Å². The van der Waals surface area contributed by atoms with Crippen molar-refractivity contribution in [2.75, 3.05) is 26.2 Å². The van der Waals surface area contributed by atoms with Crippen LogP contribution in [0.1, 0.15) is 46.5 Å². The van der Waals surface area contributed by atoms with Gasteiger partial charge in [0.15, 0.2) is 0 Å². The van der Waals surface area contributed by atoms with Gasteiger partial charge in [0.2, 0.25) is 0 Å². The lowest BCUT2D eigenvalue weighted by atomic mass is 9.98. The second-order valence-electron chi connectivity index (χ2n) is 8.57. The first-order valence-corrected chi connectivity index (χ1v) is 9.59. The van der Waals surface area contributed by atoms with Crippen molar-refractivity contribution in [3.63, 3.8) is 0 Å². The van der Waals surface area contributed by atoms with E-state index in [0.29, 0.717) is 32.5 Å². The molecule has 3 aliphatic heterocycles. The van der Waals surface area contributed by atoms with Crippen LogP contribution in [0.3, 0.4) is 0 Å². The van der Waals surface area contributed by atoms with Gasteiger partial charge < -0.3 is 19.3 Å². The number of urea groups is 1. The van der Waals surface area contributed by atoms with Crippen molar-refractivity contribution in [1.82, 2.24) is 14.9 Å². The zero-order chi connectivity index (χ0) is 19.8. The van der Waals surface area contributed by atoms with Gasteiger partial charge >= 0.3 is 18.1 Å². The molecule has 2 atom stereocenters. The largest absolute Gasteiger partial charge is 0.464 e. The van der Waals surface area contributed by atoms with Crippen molar-refractivity contribution >= 4 is 18.1 Å². The van der Waals surface area contributed by atoms with E-state index in [9.17, 15) is 19.6 Å². The molecule has 2 bridgehead atoms. The molecule has 0 radical (unpaired) electrons. The molecule has 3 saturated heterocycles. The summed E-state index contributed by atoms with van der Waals surface area (Å²) >= 11 is 0. The van der Waals surface area contributed by atoms with Crippen molar-refractivity contribution in [2.45, 2.75) is 64.1 Å². The molecule has 0 saturated carbocycles. The minimum Gasteiger partial charge on any atom is -0.464 e. The summed E-state index contributed by atoms with van der Waals surface area (Å²) in [7, 11) is 0. The molecule has 3 amide bonds. The monoisotopic (exact) mass is 383 g/mol. The number of piperidine rings is 2. The number of carbonyl (C=O) groups is 3. The molecule has 0 spiro atoms. The van der Waals surface area contributed by atoms with Crippen LogP contribution in [-0.2, 0) is 14.3 Å². The number of hydrogen-bond donors (Lipinski definition) is 1. The molecule has 27 heavy (non-hydrogen) atoms. The molecule has 0 aliphatic carbocycles. The van der Waals surface area contributed by atoms with E-state index in [1.165, 1.54) is 4.90 Å². The van der Waals surface area contributed by atoms with Crippen molar-refractivity contribution < 1.29 is 29.1 Å². The van der Waals surface area contributed by atoms with E-state index in [0.717, 1.165) is 17.9 Å². The third-order valence-electron chi connectivity index (χ3n) is 5.34. The normalized spacial score (nSPS) is 26.4. The number of amides is 3. The molecule has 0 aromatic heterocycles. The number of nitrogens with zero attached hydrogens (tertiary/aromatic N) is 3. The van der Waals surface area contributed by atoms with Gasteiger partial charge in [0.1, 0.15) is 11.6 Å². The van der Waals surface area contributed by atoms with Crippen LogP contribution in [0.5, 0.6) is 0 Å². The first-order chi connectivity index (χ1) is 12.7. The van der Waals surface area contributed by atoms with E-state index in [1.807, 2.05) is 20.8 Å². The predicted octanol–water partition coefficient (Wildman–Crippen LogP) is 1.83. The summed E-state index contributed by atoms with van der Waals surface area (Å²) in [4.78, 5) is 39.5. The lowest BCUT2D eigenvalue weighted by molar-refractivity contribution is -0.151. The second kappa shape index (κ2) is 7.53. The van der Waals surface area contributed by atoms with Gasteiger partial charge in [0.05, 0.1) is 12.6 Å². The lowest BCUT2D eigenvalue weighted by Gasteiger charge is -2.34. The molecular weight excluding hydrogens is 354 g/mol. The summed E-state index contributed by atoms with van der Waals surface area (Å²) in [6, 6.07) is -1.36. The number of esters is 1. The van der Waals surface area contributed by atoms with Crippen LogP contribution in [0, 0.1) is 5.92 Å². The van der Waals surface area contributed by atoms with Crippen LogP contribution in [0.15, 0.2) is 0 Å². The van der Waals surface area contributed by atoms with Gasteiger partial charge in [-0.05, 0) is 52.4 Å². The Balaban J connectivity index is 1.42. The molecule has 3 fully saturated rings. The van der Waals surface area contributed by atoms with Gasteiger partial charge in [-0.2, -0.15) is 0 Å². The Kier molecular flexibility index (Phi) is 5.50. The highest BCUT2D eigenvalue weighted by Crippen LogP contribution is 2.29. The SMILES string of the molecule is CC(C)(C)OC(=O)N1CCC(COC(=O)[C@@H]2CC[C@@H]3CN2C(=O)N3O)CC1. The van der Waals surface area contributed by atoms with Gasteiger partial charge in [0, 0.05) is 19.6 Å². The Labute approximate surface area is 159 Å². The molecule has 9 heteroatoms. The minimum absolute atomic E-state index is 0.188. The highest BCUT2D eigenvalue weighted by Gasteiger charge is 2.47. The Morgan fingerprint density at radius 1 is 1.15 bits per heavy atom. The number of fused-ring (bicyclic) bond motifs is 2. The second-order valence-corrected chi connectivity index (χ2v) is 8.57. The topological polar surface area (TPSA) is 99.6 Å². The fraction of sp³-hybridized carbons (Fsp3) is 0.833. The van der Waals surface area contributed by atoms with E-state index < -0.39 is 23.6 Å². The van der Waals surface area contributed by atoms with E-state index in [4.69, 9.17) is 9.47 Å². The molecule has 0 unspecified atom stereocenters. The molecule has 3 rings (SSSR count). The zero-order valence-electron chi connectivity index (χ0n) is 16.2. The van der Waals surface area contributed by atoms with Gasteiger partial charge in [0.25, 0.3) is 0 Å². The minimum atomic E-state index is -0.618. The third kappa shape index (κ3) is 4.45. The third-order valence-corrected chi connectivity index (χ3v) is 5.34. The predicted molar refractivity (Wildman–Crippen MR) is 94.0 cm³/mol. The molecule has 152 valence electrons. The van der Waals surface area contributed by atoms with Gasteiger partial charge in [-0.1, -0.05) is 0 Å². The maximum atomic E-state index is 12.4. The average molecular weight is 383 g/mol. The summed E-state index contributed by atoms with van der Waals surface area (Å²) < 4.78 is 10.8. The van der Waals surface area contributed by atoms with Gasteiger partial charge in [-0.3, -0.25) is 5.21 Å². The van der Waals surface area contributed by atoms with Gasteiger partial charge in [-0.15, -0.1) is 0 Å². The Bertz CT molecular complexity index is 596. The van der Waals surface area contributed by atoms with Crippen LogP contribution in [0.4, 0.5) is 9.59 Å². The molecule has 3 heterocycles. The summed E-state index contributed by atoms with van der Waals surface area (Å²) in [5.41, 5.74) is -0.514. The number of hydrogen-bond acceptors (Lipinski definition) is 6. The molecule has 0 aromatic carbocycles. The quantitative estimate of drug-likeness (QED) is 0.590. The van der Waals surface area contributed by atoms with Crippen molar-refractivity contribution in [1.29, 1.82) is 0 Å². The first-order valence-electron chi connectivity index (χ1n) is 9.59. The molecular formula is C18H29N3O6. The summed E-state index contributed by atoms with van der Waals surface area (Å²) in [6.07, 6.45) is 2.27. The summed E-state index contributed by atoms with van der Waals surface area (Å²) in [5.74, 6) is -0.223. The average Bonchev–Trinajstić information content (AvgIpc) is 2.83.